The van der Waals surface area contributed by atoms with E-state index in [0.717, 1.165) is 36.1 Å². The molecule has 18 heavy (non-hydrogen) atoms. The summed E-state index contributed by atoms with van der Waals surface area (Å²) in [5, 5.41) is 21.8. The maximum absolute atomic E-state index is 11.0. The van der Waals surface area contributed by atoms with Crippen molar-refractivity contribution in [1.82, 2.24) is 0 Å². The zero-order valence-corrected chi connectivity index (χ0v) is 11.4. The molecule has 1 aromatic rings. The molecule has 2 aliphatic carbocycles. The summed E-state index contributed by atoms with van der Waals surface area (Å²) in [6.07, 6.45) is 4.46. The molecule has 2 aliphatic rings. The van der Waals surface area contributed by atoms with E-state index in [0.29, 0.717) is 12.3 Å². The van der Waals surface area contributed by atoms with Crippen LogP contribution in [0.15, 0.2) is 10.7 Å². The molecule has 3 nitrogen and oxygen atoms in total. The Morgan fingerprint density at radius 1 is 1.44 bits per heavy atom. The van der Waals surface area contributed by atoms with Crippen LogP contribution >= 0.6 is 0 Å². The van der Waals surface area contributed by atoms with Crippen LogP contribution in [-0.2, 0) is 6.42 Å². The van der Waals surface area contributed by atoms with Gasteiger partial charge in [0, 0.05) is 17.4 Å². The SMILES string of the molecule is Cc1coc2c1[C@@H](O)[C@@]1(C)[C@@H](C)CCC[C@@]1(O)C2. The topological polar surface area (TPSA) is 53.6 Å². The fraction of sp³-hybridized carbons (Fsp3) is 0.733. The molecule has 0 amide bonds. The van der Waals surface area contributed by atoms with E-state index >= 15 is 0 Å². The molecule has 0 bridgehead atoms. The van der Waals surface area contributed by atoms with Gasteiger partial charge in [-0.15, -0.1) is 0 Å². The monoisotopic (exact) mass is 250 g/mol. The predicted molar refractivity (Wildman–Crippen MR) is 68.2 cm³/mol. The van der Waals surface area contributed by atoms with Crippen LogP contribution in [0.4, 0.5) is 0 Å². The Balaban J connectivity index is 2.17. The molecule has 0 unspecified atom stereocenters. The molecule has 1 fully saturated rings. The Morgan fingerprint density at radius 3 is 2.89 bits per heavy atom. The van der Waals surface area contributed by atoms with Gasteiger partial charge in [-0.3, -0.25) is 0 Å². The highest BCUT2D eigenvalue weighted by molar-refractivity contribution is 5.37. The van der Waals surface area contributed by atoms with E-state index in [2.05, 4.69) is 6.92 Å². The number of aliphatic hydroxyl groups is 2. The van der Waals surface area contributed by atoms with Gasteiger partial charge in [0.15, 0.2) is 0 Å². The van der Waals surface area contributed by atoms with Gasteiger partial charge in [0.25, 0.3) is 0 Å². The Morgan fingerprint density at radius 2 is 2.17 bits per heavy atom. The summed E-state index contributed by atoms with van der Waals surface area (Å²) in [7, 11) is 0. The fourth-order valence-corrected chi connectivity index (χ4v) is 4.11. The van der Waals surface area contributed by atoms with Crippen LogP contribution in [0.2, 0.25) is 0 Å². The number of furan rings is 1. The van der Waals surface area contributed by atoms with Gasteiger partial charge < -0.3 is 14.6 Å². The van der Waals surface area contributed by atoms with Gasteiger partial charge >= 0.3 is 0 Å². The van der Waals surface area contributed by atoms with Gasteiger partial charge in [-0.25, -0.2) is 0 Å². The second-order valence-corrected chi connectivity index (χ2v) is 6.44. The van der Waals surface area contributed by atoms with Crippen molar-refractivity contribution in [2.45, 2.75) is 58.2 Å². The molecule has 0 aromatic carbocycles. The molecule has 1 aromatic heterocycles. The third kappa shape index (κ3) is 1.27. The van der Waals surface area contributed by atoms with E-state index in [9.17, 15) is 10.2 Å². The highest BCUT2D eigenvalue weighted by Crippen LogP contribution is 2.59. The molecule has 3 rings (SSSR count). The highest BCUT2D eigenvalue weighted by atomic mass is 16.3. The van der Waals surface area contributed by atoms with E-state index in [4.69, 9.17) is 4.42 Å². The minimum Gasteiger partial charge on any atom is -0.469 e. The molecule has 0 saturated heterocycles. The maximum atomic E-state index is 11.0. The van der Waals surface area contributed by atoms with Crippen molar-refractivity contribution in [3.8, 4) is 0 Å². The predicted octanol–water partition coefficient (Wildman–Crippen LogP) is 2.73. The molecule has 1 heterocycles. The summed E-state index contributed by atoms with van der Waals surface area (Å²) in [6, 6.07) is 0. The van der Waals surface area contributed by atoms with Gasteiger partial charge in [0.2, 0.25) is 0 Å². The van der Waals surface area contributed by atoms with Crippen molar-refractivity contribution in [2.75, 3.05) is 0 Å². The Hall–Kier alpha value is -0.800. The average molecular weight is 250 g/mol. The summed E-state index contributed by atoms with van der Waals surface area (Å²) in [5.41, 5.74) is 0.614. The van der Waals surface area contributed by atoms with Crippen LogP contribution in [0.25, 0.3) is 0 Å². The smallest absolute Gasteiger partial charge is 0.112 e. The number of fused-ring (bicyclic) bond motifs is 2. The minimum absolute atomic E-state index is 0.314. The van der Waals surface area contributed by atoms with Crippen LogP contribution in [-0.4, -0.2) is 15.8 Å². The van der Waals surface area contributed by atoms with Crippen molar-refractivity contribution >= 4 is 0 Å². The lowest BCUT2D eigenvalue weighted by Crippen LogP contribution is -2.59. The molecule has 100 valence electrons. The third-order valence-corrected chi connectivity index (χ3v) is 5.65. The first-order chi connectivity index (χ1) is 8.40. The largest absolute Gasteiger partial charge is 0.469 e. The van der Waals surface area contributed by atoms with Crippen LogP contribution < -0.4 is 0 Å². The van der Waals surface area contributed by atoms with Crippen molar-refractivity contribution in [2.24, 2.45) is 11.3 Å². The molecule has 1 saturated carbocycles. The molecule has 0 spiro atoms. The second kappa shape index (κ2) is 3.61. The van der Waals surface area contributed by atoms with Gasteiger partial charge in [0.05, 0.1) is 18.0 Å². The molecule has 4 atom stereocenters. The number of hydrogen-bond acceptors (Lipinski definition) is 3. The van der Waals surface area contributed by atoms with Crippen molar-refractivity contribution in [3.63, 3.8) is 0 Å². The van der Waals surface area contributed by atoms with E-state index < -0.39 is 17.1 Å². The summed E-state index contributed by atoms with van der Waals surface area (Å²) in [5.74, 6) is 1.09. The van der Waals surface area contributed by atoms with Crippen LogP contribution in [0.3, 0.4) is 0 Å². The lowest BCUT2D eigenvalue weighted by molar-refractivity contribution is -0.196. The zero-order chi connectivity index (χ0) is 13.1. The number of rotatable bonds is 0. The number of hydrogen-bond donors (Lipinski definition) is 2. The van der Waals surface area contributed by atoms with E-state index in [1.807, 2.05) is 13.8 Å². The summed E-state index contributed by atoms with van der Waals surface area (Å²) in [6.45, 7) is 6.15. The second-order valence-electron chi connectivity index (χ2n) is 6.44. The maximum Gasteiger partial charge on any atom is 0.112 e. The van der Waals surface area contributed by atoms with Crippen LogP contribution in [0.1, 0.15) is 56.1 Å². The summed E-state index contributed by atoms with van der Waals surface area (Å²) < 4.78 is 5.53. The van der Waals surface area contributed by atoms with Crippen LogP contribution in [0.5, 0.6) is 0 Å². The van der Waals surface area contributed by atoms with Gasteiger partial charge in [-0.2, -0.15) is 0 Å². The van der Waals surface area contributed by atoms with Gasteiger partial charge in [-0.05, 0) is 31.2 Å². The number of aryl methyl sites for hydroxylation is 1. The van der Waals surface area contributed by atoms with Crippen molar-refractivity contribution in [3.05, 3.63) is 23.2 Å². The van der Waals surface area contributed by atoms with E-state index in [-0.39, 0.29) is 0 Å². The summed E-state index contributed by atoms with van der Waals surface area (Å²) in [4.78, 5) is 0. The molecule has 0 aliphatic heterocycles. The Labute approximate surface area is 108 Å². The average Bonchev–Trinajstić information content (AvgIpc) is 2.65. The molecule has 2 N–H and O–H groups in total. The first kappa shape index (κ1) is 12.2. The van der Waals surface area contributed by atoms with E-state index in [1.54, 1.807) is 6.26 Å². The minimum atomic E-state index is -0.832. The molecule has 3 heteroatoms. The first-order valence-corrected chi connectivity index (χ1v) is 6.87. The van der Waals surface area contributed by atoms with E-state index in [1.165, 1.54) is 0 Å². The van der Waals surface area contributed by atoms with Gasteiger partial charge in [0.1, 0.15) is 5.76 Å². The molecular formula is C15H22O3. The lowest BCUT2D eigenvalue weighted by atomic mass is 9.51. The van der Waals surface area contributed by atoms with Crippen molar-refractivity contribution in [1.29, 1.82) is 0 Å². The fourth-order valence-electron chi connectivity index (χ4n) is 4.11. The normalized spacial score (nSPS) is 43.4. The third-order valence-electron chi connectivity index (χ3n) is 5.65. The Kier molecular flexibility index (Phi) is 2.46. The van der Waals surface area contributed by atoms with Gasteiger partial charge in [-0.1, -0.05) is 20.3 Å². The summed E-state index contributed by atoms with van der Waals surface area (Å²) >= 11 is 0. The first-order valence-electron chi connectivity index (χ1n) is 6.87. The lowest BCUT2D eigenvalue weighted by Gasteiger charge is -2.56. The number of aliphatic hydroxyl groups excluding tert-OH is 1. The molecular weight excluding hydrogens is 228 g/mol. The van der Waals surface area contributed by atoms with Crippen LogP contribution in [0, 0.1) is 18.3 Å². The highest BCUT2D eigenvalue weighted by Gasteiger charge is 2.60. The molecule has 0 radical (unpaired) electrons. The quantitative estimate of drug-likeness (QED) is 0.744. The standard InChI is InChI=1S/C15H22O3/c1-9-8-18-11-7-15(17)6-4-5-10(2)14(15,3)13(16)12(9)11/h8,10,13,16-17H,4-7H2,1-3H3/t10-,13+,14+,15+/m0/s1. The zero-order valence-electron chi connectivity index (χ0n) is 11.4. The van der Waals surface area contributed by atoms with Crippen molar-refractivity contribution < 1.29 is 14.6 Å². The Bertz CT molecular complexity index is 478.